The first-order valence-electron chi connectivity index (χ1n) is 11.9. The molecule has 3 aliphatic rings. The lowest BCUT2D eigenvalue weighted by molar-refractivity contribution is -0.138. The number of hydrogen-bond donors (Lipinski definition) is 3. The Labute approximate surface area is 199 Å². The van der Waals surface area contributed by atoms with E-state index >= 15 is 0 Å². The number of hydrogen-bond acceptors (Lipinski definition) is 7. The molecular formula is C24H33N5O5. The van der Waals surface area contributed by atoms with Crippen LogP contribution in [0.1, 0.15) is 43.5 Å². The van der Waals surface area contributed by atoms with Crippen LogP contribution in [0, 0.1) is 5.92 Å². The molecule has 34 heavy (non-hydrogen) atoms. The molecule has 3 N–H and O–H groups in total. The van der Waals surface area contributed by atoms with Gasteiger partial charge in [-0.15, -0.1) is 0 Å². The summed E-state index contributed by atoms with van der Waals surface area (Å²) >= 11 is 0. The lowest BCUT2D eigenvalue weighted by Gasteiger charge is -2.35. The molecule has 0 radical (unpaired) electrons. The van der Waals surface area contributed by atoms with Crippen LogP contribution in [0.15, 0.2) is 29.3 Å². The average Bonchev–Trinajstić information content (AvgIpc) is 3.17. The number of aliphatic hydroxyl groups is 1. The van der Waals surface area contributed by atoms with Crippen molar-refractivity contribution in [2.45, 2.75) is 50.8 Å². The Bertz CT molecular complexity index is 981. The van der Waals surface area contributed by atoms with Gasteiger partial charge in [-0.1, -0.05) is 12.1 Å². The number of aliphatic hydroxyl groups excluding tert-OH is 1. The summed E-state index contributed by atoms with van der Waals surface area (Å²) in [6.07, 6.45) is 5.19. The number of aliphatic imine (C=N–C) groups is 1. The van der Waals surface area contributed by atoms with E-state index in [0.717, 1.165) is 23.5 Å². The Kier molecular flexibility index (Phi) is 7.35. The van der Waals surface area contributed by atoms with Crippen molar-refractivity contribution in [1.29, 1.82) is 0 Å². The number of pyridine rings is 1. The SMILES string of the molecule is COC1=NC(C)C([C@H](CC(=O)O)N2CCN(CCCc3ccc4c(n3)NCCC4O)C2=O)C=C1. The number of carbonyl (C=O) groups excluding carboxylic acids is 1. The fraction of sp³-hybridized carbons (Fsp3) is 0.583. The smallest absolute Gasteiger partial charge is 0.320 e. The molecule has 0 saturated carbocycles. The summed E-state index contributed by atoms with van der Waals surface area (Å²) in [5.41, 5.74) is 1.75. The van der Waals surface area contributed by atoms with Gasteiger partial charge in [-0.2, -0.15) is 0 Å². The van der Waals surface area contributed by atoms with Gasteiger partial charge in [-0.25, -0.2) is 14.8 Å². The number of amides is 2. The molecule has 1 aromatic heterocycles. The average molecular weight is 472 g/mol. The molecule has 4 rings (SSSR count). The quantitative estimate of drug-likeness (QED) is 0.529. The number of aryl methyl sites for hydroxylation is 1. The molecule has 0 spiro atoms. The number of carbonyl (C=O) groups is 2. The number of carboxylic acids is 1. The van der Waals surface area contributed by atoms with Crippen LogP contribution >= 0.6 is 0 Å². The fourth-order valence-electron chi connectivity index (χ4n) is 5.00. The van der Waals surface area contributed by atoms with Gasteiger partial charge in [-0.3, -0.25) is 4.79 Å². The minimum atomic E-state index is -0.935. The highest BCUT2D eigenvalue weighted by atomic mass is 16.5. The van der Waals surface area contributed by atoms with E-state index < -0.39 is 18.1 Å². The van der Waals surface area contributed by atoms with E-state index in [1.165, 1.54) is 0 Å². The van der Waals surface area contributed by atoms with Crippen molar-refractivity contribution in [3.05, 3.63) is 35.5 Å². The summed E-state index contributed by atoms with van der Waals surface area (Å²) in [6.45, 7) is 4.25. The van der Waals surface area contributed by atoms with Gasteiger partial charge < -0.3 is 30.1 Å². The van der Waals surface area contributed by atoms with E-state index in [1.54, 1.807) is 23.0 Å². The molecule has 10 heteroatoms. The minimum absolute atomic E-state index is 0.128. The lowest BCUT2D eigenvalue weighted by Crippen LogP contribution is -2.47. The van der Waals surface area contributed by atoms with Crippen LogP contribution in [0.25, 0.3) is 0 Å². The minimum Gasteiger partial charge on any atom is -0.481 e. The summed E-state index contributed by atoms with van der Waals surface area (Å²) in [7, 11) is 1.55. The molecule has 3 unspecified atom stereocenters. The van der Waals surface area contributed by atoms with Gasteiger partial charge in [0.2, 0.25) is 5.90 Å². The normalized spacial score (nSPS) is 25.0. The number of rotatable bonds is 8. The highest BCUT2D eigenvalue weighted by Crippen LogP contribution is 2.29. The van der Waals surface area contributed by atoms with Crippen LogP contribution in [-0.4, -0.2) is 88.3 Å². The van der Waals surface area contributed by atoms with E-state index in [1.807, 2.05) is 25.1 Å². The van der Waals surface area contributed by atoms with E-state index in [4.69, 9.17) is 4.74 Å². The van der Waals surface area contributed by atoms with Crippen LogP contribution in [0.4, 0.5) is 10.6 Å². The number of anilines is 1. The molecule has 1 saturated heterocycles. The number of aliphatic carboxylic acids is 1. The molecule has 1 fully saturated rings. The van der Waals surface area contributed by atoms with Gasteiger partial charge in [0, 0.05) is 43.4 Å². The predicted molar refractivity (Wildman–Crippen MR) is 127 cm³/mol. The number of ether oxygens (including phenoxy) is 1. The van der Waals surface area contributed by atoms with Crippen molar-refractivity contribution >= 4 is 23.7 Å². The number of fused-ring (bicyclic) bond motifs is 1. The van der Waals surface area contributed by atoms with E-state index in [9.17, 15) is 19.8 Å². The third-order valence-electron chi connectivity index (χ3n) is 6.83. The van der Waals surface area contributed by atoms with Gasteiger partial charge in [-0.05, 0) is 38.3 Å². The third kappa shape index (κ3) is 5.16. The van der Waals surface area contributed by atoms with Crippen molar-refractivity contribution in [3.63, 3.8) is 0 Å². The maximum absolute atomic E-state index is 13.2. The summed E-state index contributed by atoms with van der Waals surface area (Å²) in [5, 5.41) is 22.8. The van der Waals surface area contributed by atoms with Crippen LogP contribution in [0.5, 0.6) is 0 Å². The van der Waals surface area contributed by atoms with Crippen molar-refractivity contribution < 1.29 is 24.5 Å². The molecule has 3 aliphatic heterocycles. The number of methoxy groups -OCH3 is 1. The third-order valence-corrected chi connectivity index (χ3v) is 6.83. The van der Waals surface area contributed by atoms with Crippen LogP contribution in [-0.2, 0) is 16.0 Å². The van der Waals surface area contributed by atoms with Gasteiger partial charge in [0.15, 0.2) is 0 Å². The topological polar surface area (TPSA) is 128 Å². The summed E-state index contributed by atoms with van der Waals surface area (Å²) in [5.74, 6) is 0.120. The molecule has 4 atom stereocenters. The molecule has 1 aromatic rings. The van der Waals surface area contributed by atoms with E-state index in [2.05, 4.69) is 15.3 Å². The Balaban J connectivity index is 1.36. The predicted octanol–water partition coefficient (Wildman–Crippen LogP) is 2.06. The van der Waals surface area contributed by atoms with Gasteiger partial charge in [0.25, 0.3) is 0 Å². The maximum atomic E-state index is 13.2. The first-order chi connectivity index (χ1) is 16.4. The zero-order valence-electron chi connectivity index (χ0n) is 19.7. The fourth-order valence-corrected chi connectivity index (χ4v) is 5.00. The summed E-state index contributed by atoms with van der Waals surface area (Å²) in [6, 6.07) is 3.07. The zero-order chi connectivity index (χ0) is 24.2. The van der Waals surface area contributed by atoms with Crippen LogP contribution < -0.4 is 5.32 Å². The van der Waals surface area contributed by atoms with Crippen molar-refractivity contribution in [2.75, 3.05) is 38.6 Å². The second-order valence-corrected chi connectivity index (χ2v) is 9.05. The number of carboxylic acid groups (broad SMARTS) is 1. The largest absolute Gasteiger partial charge is 0.481 e. The van der Waals surface area contributed by atoms with E-state index in [0.29, 0.717) is 44.9 Å². The lowest BCUT2D eigenvalue weighted by atomic mass is 9.88. The molecule has 0 bridgehead atoms. The summed E-state index contributed by atoms with van der Waals surface area (Å²) in [4.78, 5) is 37.4. The molecular weight excluding hydrogens is 438 g/mol. The number of nitrogens with zero attached hydrogens (tertiary/aromatic N) is 4. The number of aromatic nitrogens is 1. The van der Waals surface area contributed by atoms with Crippen molar-refractivity contribution in [2.24, 2.45) is 10.9 Å². The second-order valence-electron chi connectivity index (χ2n) is 9.05. The van der Waals surface area contributed by atoms with Crippen LogP contribution in [0.2, 0.25) is 0 Å². The van der Waals surface area contributed by atoms with Crippen molar-refractivity contribution in [3.8, 4) is 0 Å². The molecule has 184 valence electrons. The molecule has 4 heterocycles. The Morgan fingerprint density at radius 3 is 2.91 bits per heavy atom. The summed E-state index contributed by atoms with van der Waals surface area (Å²) < 4.78 is 5.19. The van der Waals surface area contributed by atoms with Gasteiger partial charge in [0.05, 0.1) is 31.7 Å². The first-order valence-corrected chi connectivity index (χ1v) is 11.9. The standard InChI is InChI=1S/C24H33N5O5/c1-15-17(7-8-21(26-15)34-2)19(14-22(31)32)29-13-12-28(24(29)33)11-3-4-16-5-6-18-20(30)9-10-25-23(18)27-16/h5-8,15,17,19-20,30H,3-4,9-14H2,1-2H3,(H,25,27)(H,31,32)/t15?,17?,19-,20?/m0/s1. The molecule has 0 aromatic carbocycles. The monoisotopic (exact) mass is 471 g/mol. The first kappa shape index (κ1) is 24.0. The highest BCUT2D eigenvalue weighted by molar-refractivity contribution is 5.88. The van der Waals surface area contributed by atoms with E-state index in [-0.39, 0.29) is 24.4 Å². The number of urea groups is 1. The van der Waals surface area contributed by atoms with Crippen molar-refractivity contribution in [1.82, 2.24) is 14.8 Å². The van der Waals surface area contributed by atoms with Gasteiger partial charge in [0.1, 0.15) is 5.82 Å². The highest BCUT2D eigenvalue weighted by Gasteiger charge is 2.40. The zero-order valence-corrected chi connectivity index (χ0v) is 19.7. The Morgan fingerprint density at radius 1 is 1.35 bits per heavy atom. The van der Waals surface area contributed by atoms with Crippen LogP contribution in [0.3, 0.4) is 0 Å². The number of dihydropyridines is 1. The Hall–Kier alpha value is -3.14. The molecule has 0 aliphatic carbocycles. The molecule has 10 nitrogen and oxygen atoms in total. The van der Waals surface area contributed by atoms with Gasteiger partial charge >= 0.3 is 12.0 Å². The second kappa shape index (κ2) is 10.4. The Morgan fingerprint density at radius 2 is 2.18 bits per heavy atom. The number of nitrogens with one attached hydrogen (secondary N) is 1. The maximum Gasteiger partial charge on any atom is 0.320 e. The molecule has 2 amide bonds.